The molecule has 0 saturated carbocycles. The molecule has 0 aliphatic heterocycles. The minimum absolute atomic E-state index is 0.0490. The fourth-order valence-corrected chi connectivity index (χ4v) is 1.93. The van der Waals surface area contributed by atoms with Crippen molar-refractivity contribution in [1.29, 1.82) is 0 Å². The number of aryl methyl sites for hydroxylation is 2. The zero-order valence-electron chi connectivity index (χ0n) is 11.7. The highest BCUT2D eigenvalue weighted by atomic mass is 16.3. The number of unbranched alkanes of at least 4 members (excludes halogenated alkanes) is 1. The average Bonchev–Trinajstić information content (AvgIpc) is 2.34. The van der Waals surface area contributed by atoms with Gasteiger partial charge in [0.05, 0.1) is 5.92 Å². The van der Waals surface area contributed by atoms with Crippen LogP contribution >= 0.6 is 0 Å². The molecule has 18 heavy (non-hydrogen) atoms. The van der Waals surface area contributed by atoms with Gasteiger partial charge in [-0.1, -0.05) is 25.5 Å². The molecule has 0 bridgehead atoms. The molecule has 100 valence electrons. The zero-order chi connectivity index (χ0) is 13.7. The molecular weight excluding hydrogens is 226 g/mol. The van der Waals surface area contributed by atoms with Gasteiger partial charge in [-0.3, -0.25) is 4.79 Å². The molecule has 1 unspecified atom stereocenters. The summed E-state index contributed by atoms with van der Waals surface area (Å²) in [5.41, 5.74) is 2.59. The van der Waals surface area contributed by atoms with Crippen molar-refractivity contribution in [1.82, 2.24) is 5.32 Å². The van der Waals surface area contributed by atoms with Crippen molar-refractivity contribution in [3.63, 3.8) is 0 Å². The van der Waals surface area contributed by atoms with Gasteiger partial charge >= 0.3 is 0 Å². The van der Waals surface area contributed by atoms with Crippen molar-refractivity contribution in [2.75, 3.05) is 6.54 Å². The Labute approximate surface area is 109 Å². The lowest BCUT2D eigenvalue weighted by Gasteiger charge is -2.15. The highest BCUT2D eigenvalue weighted by Crippen LogP contribution is 2.27. The van der Waals surface area contributed by atoms with Crippen molar-refractivity contribution in [3.05, 3.63) is 28.8 Å². The molecule has 0 saturated heterocycles. The summed E-state index contributed by atoms with van der Waals surface area (Å²) < 4.78 is 0. The Kier molecular flexibility index (Phi) is 5.20. The Morgan fingerprint density at radius 1 is 1.33 bits per heavy atom. The van der Waals surface area contributed by atoms with Gasteiger partial charge in [-0.15, -0.1) is 0 Å². The fourth-order valence-electron chi connectivity index (χ4n) is 1.93. The molecule has 1 aromatic rings. The van der Waals surface area contributed by atoms with Gasteiger partial charge in [0, 0.05) is 6.54 Å². The molecule has 0 radical (unpaired) electrons. The van der Waals surface area contributed by atoms with Crippen LogP contribution in [0.4, 0.5) is 0 Å². The first kappa shape index (κ1) is 14.6. The lowest BCUT2D eigenvalue weighted by Crippen LogP contribution is -2.28. The molecule has 3 nitrogen and oxygen atoms in total. The molecule has 0 aromatic heterocycles. The number of hydrogen-bond acceptors (Lipinski definition) is 2. The number of hydrogen-bond donors (Lipinski definition) is 2. The first-order chi connectivity index (χ1) is 8.47. The van der Waals surface area contributed by atoms with Crippen LogP contribution in [0, 0.1) is 13.8 Å². The summed E-state index contributed by atoms with van der Waals surface area (Å²) >= 11 is 0. The molecule has 0 spiro atoms. The standard InChI is InChI=1S/C15H23NO2/c1-5-6-7-16-15(18)12(4)13-8-10(2)14(17)11(3)9-13/h8-9,12,17H,5-7H2,1-4H3,(H,16,18). The molecule has 1 rings (SSSR count). The predicted molar refractivity (Wildman–Crippen MR) is 73.9 cm³/mol. The number of phenols is 1. The number of carbonyl (C=O) groups is 1. The number of nitrogens with one attached hydrogen (secondary N) is 1. The van der Waals surface area contributed by atoms with Crippen LogP contribution in [0.1, 0.15) is 49.3 Å². The molecule has 0 aliphatic rings. The van der Waals surface area contributed by atoms with E-state index in [1.807, 2.05) is 32.9 Å². The minimum atomic E-state index is -0.181. The van der Waals surface area contributed by atoms with Gasteiger partial charge in [-0.05, 0) is 43.9 Å². The van der Waals surface area contributed by atoms with E-state index in [1.165, 1.54) is 0 Å². The molecular formula is C15H23NO2. The van der Waals surface area contributed by atoms with E-state index in [0.717, 1.165) is 36.1 Å². The van der Waals surface area contributed by atoms with Crippen LogP contribution in [-0.2, 0) is 4.79 Å². The smallest absolute Gasteiger partial charge is 0.227 e. The van der Waals surface area contributed by atoms with Gasteiger partial charge in [0.1, 0.15) is 5.75 Å². The normalized spacial score (nSPS) is 12.2. The summed E-state index contributed by atoms with van der Waals surface area (Å²) in [6.45, 7) is 8.44. The van der Waals surface area contributed by atoms with Crippen LogP contribution in [0.3, 0.4) is 0 Å². The van der Waals surface area contributed by atoms with Crippen molar-refractivity contribution in [3.8, 4) is 5.75 Å². The van der Waals surface area contributed by atoms with Crippen molar-refractivity contribution >= 4 is 5.91 Å². The van der Waals surface area contributed by atoms with Gasteiger partial charge in [0.15, 0.2) is 0 Å². The third kappa shape index (κ3) is 3.49. The second kappa shape index (κ2) is 6.43. The Balaban J connectivity index is 2.77. The fraction of sp³-hybridized carbons (Fsp3) is 0.533. The second-order valence-electron chi connectivity index (χ2n) is 4.87. The van der Waals surface area contributed by atoms with E-state index in [4.69, 9.17) is 0 Å². The number of amides is 1. The molecule has 3 heteroatoms. The molecule has 0 fully saturated rings. The molecule has 1 atom stereocenters. The molecule has 1 aromatic carbocycles. The molecule has 2 N–H and O–H groups in total. The third-order valence-corrected chi connectivity index (χ3v) is 3.24. The van der Waals surface area contributed by atoms with E-state index in [-0.39, 0.29) is 11.8 Å². The zero-order valence-corrected chi connectivity index (χ0v) is 11.7. The van der Waals surface area contributed by atoms with Gasteiger partial charge < -0.3 is 10.4 Å². The monoisotopic (exact) mass is 249 g/mol. The predicted octanol–water partition coefficient (Wildman–Crippen LogP) is 3.03. The largest absolute Gasteiger partial charge is 0.507 e. The molecule has 0 heterocycles. The highest BCUT2D eigenvalue weighted by molar-refractivity contribution is 5.83. The van der Waals surface area contributed by atoms with E-state index >= 15 is 0 Å². The minimum Gasteiger partial charge on any atom is -0.507 e. The van der Waals surface area contributed by atoms with E-state index in [0.29, 0.717) is 5.75 Å². The van der Waals surface area contributed by atoms with Crippen LogP contribution in [-0.4, -0.2) is 17.6 Å². The third-order valence-electron chi connectivity index (χ3n) is 3.24. The maximum absolute atomic E-state index is 12.0. The summed E-state index contributed by atoms with van der Waals surface area (Å²) in [6, 6.07) is 3.76. The first-order valence-electron chi connectivity index (χ1n) is 6.55. The van der Waals surface area contributed by atoms with Crippen molar-refractivity contribution in [2.24, 2.45) is 0 Å². The average molecular weight is 249 g/mol. The van der Waals surface area contributed by atoms with Crippen LogP contribution in [0.25, 0.3) is 0 Å². The van der Waals surface area contributed by atoms with Gasteiger partial charge in [-0.25, -0.2) is 0 Å². The van der Waals surface area contributed by atoms with Gasteiger partial charge in [0.25, 0.3) is 0 Å². The van der Waals surface area contributed by atoms with Gasteiger partial charge in [0.2, 0.25) is 5.91 Å². The number of benzene rings is 1. The summed E-state index contributed by atoms with van der Waals surface area (Å²) in [4.78, 5) is 12.0. The number of rotatable bonds is 5. The second-order valence-corrected chi connectivity index (χ2v) is 4.87. The number of aromatic hydroxyl groups is 1. The summed E-state index contributed by atoms with van der Waals surface area (Å²) in [6.07, 6.45) is 2.08. The van der Waals surface area contributed by atoms with Gasteiger partial charge in [-0.2, -0.15) is 0 Å². The van der Waals surface area contributed by atoms with Crippen molar-refractivity contribution in [2.45, 2.75) is 46.5 Å². The van der Waals surface area contributed by atoms with Crippen molar-refractivity contribution < 1.29 is 9.90 Å². The maximum Gasteiger partial charge on any atom is 0.227 e. The Morgan fingerprint density at radius 2 is 1.89 bits per heavy atom. The Bertz CT molecular complexity index is 403. The maximum atomic E-state index is 12.0. The first-order valence-corrected chi connectivity index (χ1v) is 6.55. The quantitative estimate of drug-likeness (QED) is 0.788. The summed E-state index contributed by atoms with van der Waals surface area (Å²) in [5.74, 6) is 0.185. The van der Waals surface area contributed by atoms with E-state index in [1.54, 1.807) is 0 Å². The lowest BCUT2D eigenvalue weighted by molar-refractivity contribution is -0.122. The van der Waals surface area contributed by atoms with E-state index < -0.39 is 0 Å². The SMILES string of the molecule is CCCCNC(=O)C(C)c1cc(C)c(O)c(C)c1. The van der Waals surface area contributed by atoms with E-state index in [2.05, 4.69) is 12.2 Å². The lowest BCUT2D eigenvalue weighted by atomic mass is 9.95. The van der Waals surface area contributed by atoms with Crippen LogP contribution in [0.5, 0.6) is 5.75 Å². The van der Waals surface area contributed by atoms with Crippen LogP contribution in [0.15, 0.2) is 12.1 Å². The van der Waals surface area contributed by atoms with Crippen LogP contribution in [0.2, 0.25) is 0 Å². The highest BCUT2D eigenvalue weighted by Gasteiger charge is 2.16. The summed E-state index contributed by atoms with van der Waals surface area (Å²) in [5, 5.41) is 12.7. The van der Waals surface area contributed by atoms with E-state index in [9.17, 15) is 9.90 Å². The Hall–Kier alpha value is -1.51. The topological polar surface area (TPSA) is 49.3 Å². The summed E-state index contributed by atoms with van der Waals surface area (Å²) in [7, 11) is 0. The van der Waals surface area contributed by atoms with Crippen LogP contribution < -0.4 is 5.32 Å². The Morgan fingerprint density at radius 3 is 2.39 bits per heavy atom. The molecule has 1 amide bonds. The number of carbonyl (C=O) groups excluding carboxylic acids is 1. The molecule has 0 aliphatic carbocycles. The number of phenolic OH excluding ortho intramolecular Hbond substituents is 1.